The van der Waals surface area contributed by atoms with Crippen molar-refractivity contribution in [3.8, 4) is 0 Å². The molecule has 0 bridgehead atoms. The van der Waals surface area contributed by atoms with Gasteiger partial charge in [0, 0.05) is 18.1 Å². The Bertz CT molecular complexity index is 188. The molecule has 0 aromatic heterocycles. The molecule has 1 heteroatoms. The quantitative estimate of drug-likeness (QED) is 0.561. The minimum Gasteiger partial charge on any atom is -0.292 e. The van der Waals surface area contributed by atoms with E-state index in [9.17, 15) is 0 Å². The van der Waals surface area contributed by atoms with Crippen molar-refractivity contribution < 1.29 is 0 Å². The molecule has 0 aliphatic carbocycles. The summed E-state index contributed by atoms with van der Waals surface area (Å²) in [5, 5.41) is 0. The third-order valence-electron chi connectivity index (χ3n) is 3.00. The normalized spacial score (nSPS) is 26.5. The second-order valence-electron chi connectivity index (χ2n) is 5.15. The molecule has 1 aliphatic rings. The summed E-state index contributed by atoms with van der Waals surface area (Å²) in [6.45, 7) is 14.4. The van der Waals surface area contributed by atoms with E-state index in [4.69, 9.17) is 0 Å². The van der Waals surface area contributed by atoms with Crippen LogP contribution >= 0.6 is 0 Å². The molecular formula is C12H23N. The lowest BCUT2D eigenvalue weighted by Crippen LogP contribution is -2.50. The van der Waals surface area contributed by atoms with Crippen molar-refractivity contribution in [1.29, 1.82) is 0 Å². The van der Waals surface area contributed by atoms with Gasteiger partial charge < -0.3 is 0 Å². The Balaban J connectivity index is 2.71. The second-order valence-corrected chi connectivity index (χ2v) is 5.15. The zero-order chi connectivity index (χ0) is 10.1. The van der Waals surface area contributed by atoms with Crippen molar-refractivity contribution in [3.05, 3.63) is 12.2 Å². The fourth-order valence-electron chi connectivity index (χ4n) is 2.19. The maximum atomic E-state index is 4.10. The summed E-state index contributed by atoms with van der Waals surface area (Å²) in [6.07, 6.45) is 3.79. The maximum absolute atomic E-state index is 4.10. The molecule has 0 radical (unpaired) electrons. The van der Waals surface area contributed by atoms with Crippen LogP contribution in [0.3, 0.4) is 0 Å². The van der Waals surface area contributed by atoms with Gasteiger partial charge in [0.1, 0.15) is 0 Å². The third-order valence-corrected chi connectivity index (χ3v) is 3.00. The van der Waals surface area contributed by atoms with E-state index in [1.807, 2.05) is 0 Å². The number of nitrogens with zero attached hydrogens (tertiary/aromatic N) is 1. The van der Waals surface area contributed by atoms with Gasteiger partial charge in [0.25, 0.3) is 0 Å². The highest BCUT2D eigenvalue weighted by molar-refractivity contribution is 5.05. The van der Waals surface area contributed by atoms with Crippen LogP contribution in [0.25, 0.3) is 0 Å². The molecule has 0 spiro atoms. The van der Waals surface area contributed by atoms with Crippen LogP contribution in [0, 0.1) is 0 Å². The van der Waals surface area contributed by atoms with E-state index in [0.29, 0.717) is 5.54 Å². The van der Waals surface area contributed by atoms with E-state index >= 15 is 0 Å². The molecule has 1 rings (SSSR count). The zero-order valence-corrected chi connectivity index (χ0v) is 9.56. The number of hydrogen-bond acceptors (Lipinski definition) is 1. The van der Waals surface area contributed by atoms with Crippen molar-refractivity contribution in [1.82, 2.24) is 4.90 Å². The largest absolute Gasteiger partial charge is 0.292 e. The van der Waals surface area contributed by atoms with Gasteiger partial charge in [0.2, 0.25) is 0 Å². The van der Waals surface area contributed by atoms with E-state index in [1.54, 1.807) is 0 Å². The average molecular weight is 181 g/mol. The summed E-state index contributed by atoms with van der Waals surface area (Å²) < 4.78 is 0. The minimum atomic E-state index is 0.296. The molecule has 0 N–H and O–H groups in total. The lowest BCUT2D eigenvalue weighted by Gasteiger charge is -2.45. The van der Waals surface area contributed by atoms with Crippen LogP contribution in [0.1, 0.15) is 47.0 Å². The molecule has 1 heterocycles. The molecule has 1 nitrogen and oxygen atoms in total. The summed E-state index contributed by atoms with van der Waals surface area (Å²) in [7, 11) is 0. The van der Waals surface area contributed by atoms with Crippen molar-refractivity contribution in [2.45, 2.75) is 58.5 Å². The Morgan fingerprint density at radius 1 is 1.46 bits per heavy atom. The first-order chi connectivity index (χ1) is 5.95. The first kappa shape index (κ1) is 10.8. The van der Waals surface area contributed by atoms with Gasteiger partial charge >= 0.3 is 0 Å². The molecule has 1 saturated heterocycles. The molecule has 0 amide bonds. The minimum absolute atomic E-state index is 0.296. The van der Waals surface area contributed by atoms with Gasteiger partial charge in [0.05, 0.1) is 0 Å². The summed E-state index contributed by atoms with van der Waals surface area (Å²) in [5.41, 5.74) is 1.70. The number of hydrogen-bond donors (Lipinski definition) is 0. The van der Waals surface area contributed by atoms with Crippen LogP contribution in [0.15, 0.2) is 12.2 Å². The fourth-order valence-corrected chi connectivity index (χ4v) is 2.19. The summed E-state index contributed by atoms with van der Waals surface area (Å²) in [5.74, 6) is 0. The van der Waals surface area contributed by atoms with Crippen LogP contribution in [0.5, 0.6) is 0 Å². The molecule has 1 aliphatic heterocycles. The highest BCUT2D eigenvalue weighted by atomic mass is 15.2. The van der Waals surface area contributed by atoms with Crippen LogP contribution in [0.4, 0.5) is 0 Å². The Morgan fingerprint density at radius 3 is 2.54 bits per heavy atom. The van der Waals surface area contributed by atoms with Crippen LogP contribution in [0.2, 0.25) is 0 Å². The Hall–Kier alpha value is -0.300. The molecular weight excluding hydrogens is 158 g/mol. The standard InChI is InChI=1S/C12H23N/c1-6-11-8-7-10(2)9-13(11)12(3,4)5/h11H,2,6-9H2,1,3-5H3. The van der Waals surface area contributed by atoms with Gasteiger partial charge in [-0.1, -0.05) is 19.1 Å². The van der Waals surface area contributed by atoms with E-state index in [1.165, 1.54) is 24.8 Å². The first-order valence-electron chi connectivity index (χ1n) is 5.38. The van der Waals surface area contributed by atoms with E-state index in [-0.39, 0.29) is 0 Å². The van der Waals surface area contributed by atoms with Gasteiger partial charge in [-0.3, -0.25) is 4.90 Å². The summed E-state index contributed by atoms with van der Waals surface area (Å²) in [4.78, 5) is 2.60. The van der Waals surface area contributed by atoms with Gasteiger partial charge in [-0.2, -0.15) is 0 Å². The smallest absolute Gasteiger partial charge is 0.0198 e. The Morgan fingerprint density at radius 2 is 2.08 bits per heavy atom. The molecule has 13 heavy (non-hydrogen) atoms. The highest BCUT2D eigenvalue weighted by Crippen LogP contribution is 2.28. The predicted molar refractivity (Wildman–Crippen MR) is 58.9 cm³/mol. The van der Waals surface area contributed by atoms with Crippen LogP contribution in [-0.4, -0.2) is 23.0 Å². The Labute approximate surface area is 82.8 Å². The SMILES string of the molecule is C=C1CCC(CC)N(C(C)(C)C)C1. The van der Waals surface area contributed by atoms with Gasteiger partial charge in [-0.05, 0) is 40.0 Å². The topological polar surface area (TPSA) is 3.24 Å². The van der Waals surface area contributed by atoms with Gasteiger partial charge in [-0.15, -0.1) is 0 Å². The number of rotatable bonds is 1. The highest BCUT2D eigenvalue weighted by Gasteiger charge is 2.30. The summed E-state index contributed by atoms with van der Waals surface area (Å²) >= 11 is 0. The monoisotopic (exact) mass is 181 g/mol. The van der Waals surface area contributed by atoms with Gasteiger partial charge in [-0.25, -0.2) is 0 Å². The molecule has 0 saturated carbocycles. The van der Waals surface area contributed by atoms with Gasteiger partial charge in [0.15, 0.2) is 0 Å². The Kier molecular flexibility index (Phi) is 3.18. The summed E-state index contributed by atoms with van der Waals surface area (Å²) in [6, 6.07) is 0.769. The molecule has 1 fully saturated rings. The third kappa shape index (κ3) is 2.57. The molecule has 1 unspecified atom stereocenters. The van der Waals surface area contributed by atoms with E-state index < -0.39 is 0 Å². The van der Waals surface area contributed by atoms with Crippen LogP contribution < -0.4 is 0 Å². The van der Waals surface area contributed by atoms with E-state index in [0.717, 1.165) is 12.6 Å². The number of piperidine rings is 1. The van der Waals surface area contributed by atoms with Crippen molar-refractivity contribution in [2.75, 3.05) is 6.54 Å². The van der Waals surface area contributed by atoms with Crippen molar-refractivity contribution in [3.63, 3.8) is 0 Å². The predicted octanol–water partition coefficient (Wildman–Crippen LogP) is 3.22. The van der Waals surface area contributed by atoms with Crippen LogP contribution in [-0.2, 0) is 0 Å². The lowest BCUT2D eigenvalue weighted by atomic mass is 9.91. The average Bonchev–Trinajstić information content (AvgIpc) is 2.03. The maximum Gasteiger partial charge on any atom is 0.0198 e. The van der Waals surface area contributed by atoms with Crippen molar-refractivity contribution in [2.24, 2.45) is 0 Å². The fraction of sp³-hybridized carbons (Fsp3) is 0.833. The van der Waals surface area contributed by atoms with Crippen molar-refractivity contribution >= 4 is 0 Å². The lowest BCUT2D eigenvalue weighted by molar-refractivity contribution is 0.0700. The molecule has 0 aromatic carbocycles. The molecule has 76 valence electrons. The number of likely N-dealkylation sites (tertiary alicyclic amines) is 1. The van der Waals surface area contributed by atoms with E-state index in [2.05, 4.69) is 39.2 Å². The zero-order valence-electron chi connectivity index (χ0n) is 9.56. The first-order valence-corrected chi connectivity index (χ1v) is 5.38. The molecule has 0 aromatic rings. The molecule has 1 atom stereocenters. The second kappa shape index (κ2) is 3.83.